The van der Waals surface area contributed by atoms with Gasteiger partial charge in [0.15, 0.2) is 0 Å². The zero-order valence-corrected chi connectivity index (χ0v) is 11.4. The lowest BCUT2D eigenvalue weighted by atomic mass is 10.4. The van der Waals surface area contributed by atoms with Gasteiger partial charge in [-0.2, -0.15) is 4.31 Å². The van der Waals surface area contributed by atoms with Crippen LogP contribution in [-0.2, 0) is 23.2 Å². The molecule has 5 nitrogen and oxygen atoms in total. The van der Waals surface area contributed by atoms with E-state index in [0.29, 0.717) is 18.8 Å². The molecule has 0 bridgehead atoms. The molecule has 1 rings (SSSR count). The number of sulfonamides is 1. The van der Waals surface area contributed by atoms with Gasteiger partial charge in [-0.15, -0.1) is 6.42 Å². The predicted octanol–water partition coefficient (Wildman–Crippen LogP) is 0.644. The van der Waals surface area contributed by atoms with Crippen molar-refractivity contribution in [3.63, 3.8) is 0 Å². The molecule has 6 heteroatoms. The Balaban J connectivity index is 3.20. The van der Waals surface area contributed by atoms with Crippen molar-refractivity contribution in [1.29, 1.82) is 0 Å². The molecule has 0 aliphatic carbocycles. The van der Waals surface area contributed by atoms with E-state index in [4.69, 9.17) is 11.5 Å². The van der Waals surface area contributed by atoms with Crippen molar-refractivity contribution >= 4 is 10.0 Å². The molecule has 0 aliphatic rings. The lowest BCUT2D eigenvalue weighted by Crippen LogP contribution is -2.31. The van der Waals surface area contributed by atoms with Crippen LogP contribution in [0.25, 0.3) is 0 Å². The van der Waals surface area contributed by atoms with E-state index in [-0.39, 0.29) is 18.0 Å². The molecule has 0 spiro atoms. The minimum absolute atomic E-state index is 0.0462. The van der Waals surface area contributed by atoms with E-state index in [1.807, 2.05) is 6.92 Å². The molecule has 0 radical (unpaired) electrons. The van der Waals surface area contributed by atoms with Crippen LogP contribution in [0, 0.1) is 12.3 Å². The van der Waals surface area contributed by atoms with Crippen molar-refractivity contribution in [3.05, 3.63) is 18.0 Å². The third-order valence-electron chi connectivity index (χ3n) is 2.72. The Labute approximate surface area is 108 Å². The maximum atomic E-state index is 12.3. The normalized spacial score (nSPS) is 11.7. The third-order valence-corrected chi connectivity index (χ3v) is 4.61. The monoisotopic (exact) mass is 270 g/mol. The van der Waals surface area contributed by atoms with Crippen LogP contribution in [0.15, 0.2) is 17.2 Å². The van der Waals surface area contributed by atoms with Crippen molar-refractivity contribution < 1.29 is 13.5 Å². The molecule has 0 fully saturated rings. The molecule has 1 aromatic heterocycles. The maximum Gasteiger partial charge on any atom is 0.245 e. The van der Waals surface area contributed by atoms with Crippen LogP contribution in [-0.4, -0.2) is 35.5 Å². The van der Waals surface area contributed by atoms with Gasteiger partial charge in [0.1, 0.15) is 4.90 Å². The summed E-state index contributed by atoms with van der Waals surface area (Å²) in [6.07, 6.45) is 6.69. The van der Waals surface area contributed by atoms with Crippen LogP contribution in [0.5, 0.6) is 0 Å². The standard InChI is InChI=1S/C12H18N2O3S/c1-4-7-14(6-3)18(16,17)12-8-11(10-15)13(5-2)9-12/h1,8-9,15H,5-7,10H2,2-3H3. The van der Waals surface area contributed by atoms with Crippen LogP contribution in [0.1, 0.15) is 19.5 Å². The number of aryl methyl sites for hydroxylation is 1. The maximum absolute atomic E-state index is 12.3. The van der Waals surface area contributed by atoms with Gasteiger partial charge in [-0.25, -0.2) is 8.42 Å². The van der Waals surface area contributed by atoms with E-state index in [1.54, 1.807) is 11.5 Å². The molecule has 1 aromatic rings. The molecule has 0 atom stereocenters. The Hall–Kier alpha value is -1.29. The van der Waals surface area contributed by atoms with Crippen molar-refractivity contribution in [2.45, 2.75) is 31.9 Å². The Morgan fingerprint density at radius 3 is 2.56 bits per heavy atom. The molecule has 0 aromatic carbocycles. The van der Waals surface area contributed by atoms with Crippen LogP contribution in [0.2, 0.25) is 0 Å². The Morgan fingerprint density at radius 2 is 2.17 bits per heavy atom. The van der Waals surface area contributed by atoms with Gasteiger partial charge in [0.05, 0.1) is 13.2 Å². The van der Waals surface area contributed by atoms with Crippen molar-refractivity contribution in [2.75, 3.05) is 13.1 Å². The molecule has 0 aliphatic heterocycles. The lowest BCUT2D eigenvalue weighted by molar-refractivity contribution is 0.271. The number of aromatic nitrogens is 1. The summed E-state index contributed by atoms with van der Waals surface area (Å²) in [7, 11) is -3.58. The quantitative estimate of drug-likeness (QED) is 0.772. The molecule has 0 saturated heterocycles. The Bertz CT molecular complexity index is 519. The molecule has 0 saturated carbocycles. The molecule has 1 N–H and O–H groups in total. The Morgan fingerprint density at radius 1 is 1.50 bits per heavy atom. The van der Waals surface area contributed by atoms with Crippen LogP contribution >= 0.6 is 0 Å². The topological polar surface area (TPSA) is 62.5 Å². The van der Waals surface area contributed by atoms with Crippen molar-refractivity contribution in [1.82, 2.24) is 8.87 Å². The number of nitrogens with zero attached hydrogens (tertiary/aromatic N) is 2. The van der Waals surface area contributed by atoms with Crippen LogP contribution in [0.3, 0.4) is 0 Å². The van der Waals surface area contributed by atoms with E-state index >= 15 is 0 Å². The first-order valence-electron chi connectivity index (χ1n) is 5.74. The van der Waals surface area contributed by atoms with Crippen LogP contribution in [0.4, 0.5) is 0 Å². The fraction of sp³-hybridized carbons (Fsp3) is 0.500. The number of hydrogen-bond acceptors (Lipinski definition) is 3. The van der Waals surface area contributed by atoms with E-state index in [9.17, 15) is 8.42 Å². The lowest BCUT2D eigenvalue weighted by Gasteiger charge is -2.16. The summed E-state index contributed by atoms with van der Waals surface area (Å²) >= 11 is 0. The third kappa shape index (κ3) is 2.75. The second kappa shape index (κ2) is 6.05. The summed E-state index contributed by atoms with van der Waals surface area (Å²) in [5.41, 5.74) is 0.577. The summed E-state index contributed by atoms with van der Waals surface area (Å²) in [4.78, 5) is 0.172. The van der Waals surface area contributed by atoms with Gasteiger partial charge in [-0.1, -0.05) is 12.8 Å². The number of rotatable bonds is 6. The smallest absolute Gasteiger partial charge is 0.245 e. The fourth-order valence-corrected chi connectivity index (χ4v) is 3.14. The van der Waals surface area contributed by atoms with E-state index in [2.05, 4.69) is 5.92 Å². The minimum Gasteiger partial charge on any atom is -0.390 e. The SMILES string of the molecule is C#CCN(CC)S(=O)(=O)c1cc(CO)n(CC)c1. The van der Waals surface area contributed by atoms with Gasteiger partial charge >= 0.3 is 0 Å². The average molecular weight is 270 g/mol. The molecule has 0 amide bonds. The summed E-state index contributed by atoms with van der Waals surface area (Å²) in [6.45, 7) is 4.40. The molecular formula is C12H18N2O3S. The highest BCUT2D eigenvalue weighted by Gasteiger charge is 2.24. The highest BCUT2D eigenvalue weighted by atomic mass is 32.2. The molecular weight excluding hydrogens is 252 g/mol. The van der Waals surface area contributed by atoms with Gasteiger partial charge in [-0.3, -0.25) is 0 Å². The van der Waals surface area contributed by atoms with E-state index < -0.39 is 10.0 Å². The minimum atomic E-state index is -3.58. The van der Waals surface area contributed by atoms with Crippen LogP contribution < -0.4 is 0 Å². The fourth-order valence-electron chi connectivity index (χ4n) is 1.71. The number of aliphatic hydroxyl groups excluding tert-OH is 1. The van der Waals surface area contributed by atoms with Gasteiger partial charge in [-0.05, 0) is 13.0 Å². The van der Waals surface area contributed by atoms with E-state index in [1.165, 1.54) is 16.6 Å². The Kier molecular flexibility index (Phi) is 4.96. The highest BCUT2D eigenvalue weighted by Crippen LogP contribution is 2.19. The first-order valence-corrected chi connectivity index (χ1v) is 7.18. The number of terminal acetylenes is 1. The van der Waals surface area contributed by atoms with Gasteiger partial charge in [0.25, 0.3) is 0 Å². The van der Waals surface area contributed by atoms with Gasteiger partial charge in [0.2, 0.25) is 10.0 Å². The number of hydrogen-bond donors (Lipinski definition) is 1. The average Bonchev–Trinajstić information content (AvgIpc) is 2.79. The van der Waals surface area contributed by atoms with Crippen molar-refractivity contribution in [2.24, 2.45) is 0 Å². The predicted molar refractivity (Wildman–Crippen MR) is 69.3 cm³/mol. The molecule has 100 valence electrons. The first kappa shape index (κ1) is 14.8. The first-order chi connectivity index (χ1) is 8.51. The van der Waals surface area contributed by atoms with E-state index in [0.717, 1.165) is 0 Å². The molecule has 0 unspecified atom stereocenters. The summed E-state index contributed by atoms with van der Waals surface area (Å²) in [5.74, 6) is 2.33. The van der Waals surface area contributed by atoms with Gasteiger partial charge < -0.3 is 9.67 Å². The number of aliphatic hydroxyl groups is 1. The summed E-state index contributed by atoms with van der Waals surface area (Å²) < 4.78 is 27.5. The molecule has 1 heterocycles. The second-order valence-corrected chi connectivity index (χ2v) is 5.68. The largest absolute Gasteiger partial charge is 0.390 e. The van der Waals surface area contributed by atoms with Crippen molar-refractivity contribution in [3.8, 4) is 12.3 Å². The second-order valence-electron chi connectivity index (χ2n) is 3.75. The zero-order chi connectivity index (χ0) is 13.8. The summed E-state index contributed by atoms with van der Waals surface area (Å²) in [5, 5.41) is 9.17. The summed E-state index contributed by atoms with van der Waals surface area (Å²) in [6, 6.07) is 1.48. The highest BCUT2D eigenvalue weighted by molar-refractivity contribution is 7.89. The molecule has 18 heavy (non-hydrogen) atoms. The van der Waals surface area contributed by atoms with Gasteiger partial charge in [0, 0.05) is 25.0 Å². The zero-order valence-electron chi connectivity index (χ0n) is 10.6.